The Bertz CT molecular complexity index is 441. The van der Waals surface area contributed by atoms with Crippen molar-refractivity contribution in [2.24, 2.45) is 5.41 Å². The molecule has 17 heavy (non-hydrogen) atoms. The summed E-state index contributed by atoms with van der Waals surface area (Å²) in [6, 6.07) is 3.81. The van der Waals surface area contributed by atoms with Gasteiger partial charge in [-0.25, -0.2) is 9.18 Å². The van der Waals surface area contributed by atoms with Crippen LogP contribution in [-0.2, 0) is 0 Å². The molecular formula is C13H16FNO2. The number of benzene rings is 1. The molecule has 0 heterocycles. The van der Waals surface area contributed by atoms with Crippen LogP contribution in [0, 0.1) is 11.2 Å². The largest absolute Gasteiger partial charge is 0.478 e. The molecule has 1 aliphatic carbocycles. The molecule has 3 nitrogen and oxygen atoms in total. The highest BCUT2D eigenvalue weighted by atomic mass is 19.1. The minimum Gasteiger partial charge on any atom is -0.478 e. The van der Waals surface area contributed by atoms with Gasteiger partial charge in [0.2, 0.25) is 0 Å². The summed E-state index contributed by atoms with van der Waals surface area (Å²) < 4.78 is 13.0. The summed E-state index contributed by atoms with van der Waals surface area (Å²) in [5.74, 6) is -1.63. The topological polar surface area (TPSA) is 49.3 Å². The van der Waals surface area contributed by atoms with Crippen LogP contribution in [-0.4, -0.2) is 17.6 Å². The lowest BCUT2D eigenvalue weighted by atomic mass is 9.70. The first-order chi connectivity index (χ1) is 8.00. The number of hydrogen-bond donors (Lipinski definition) is 2. The number of halogens is 1. The van der Waals surface area contributed by atoms with E-state index in [1.807, 2.05) is 0 Å². The number of carbonyl (C=O) groups is 1. The molecule has 0 unspecified atom stereocenters. The SMILES string of the molecule is CC1(CNc2ccc(F)cc2C(=O)O)CCC1. The molecule has 0 aliphatic heterocycles. The summed E-state index contributed by atoms with van der Waals surface area (Å²) >= 11 is 0. The van der Waals surface area contributed by atoms with Gasteiger partial charge in [-0.1, -0.05) is 13.3 Å². The van der Waals surface area contributed by atoms with Crippen molar-refractivity contribution in [1.82, 2.24) is 0 Å². The normalized spacial score (nSPS) is 17.3. The first-order valence-electron chi connectivity index (χ1n) is 5.77. The van der Waals surface area contributed by atoms with Gasteiger partial charge in [-0.15, -0.1) is 0 Å². The van der Waals surface area contributed by atoms with Crippen molar-refractivity contribution in [3.05, 3.63) is 29.6 Å². The second kappa shape index (κ2) is 4.35. The molecule has 1 aromatic rings. The van der Waals surface area contributed by atoms with E-state index in [1.54, 1.807) is 0 Å². The Morgan fingerprint density at radius 2 is 2.24 bits per heavy atom. The molecule has 1 fully saturated rings. The molecule has 4 heteroatoms. The third-order valence-electron chi connectivity index (χ3n) is 3.48. The average molecular weight is 237 g/mol. The van der Waals surface area contributed by atoms with E-state index in [0.717, 1.165) is 25.5 Å². The van der Waals surface area contributed by atoms with Crippen LogP contribution >= 0.6 is 0 Å². The van der Waals surface area contributed by atoms with Crippen molar-refractivity contribution in [3.63, 3.8) is 0 Å². The van der Waals surface area contributed by atoms with E-state index in [1.165, 1.54) is 18.6 Å². The lowest BCUT2D eigenvalue weighted by Crippen LogP contribution is -2.33. The van der Waals surface area contributed by atoms with E-state index in [0.29, 0.717) is 5.69 Å². The zero-order chi connectivity index (χ0) is 12.5. The smallest absolute Gasteiger partial charge is 0.337 e. The second-order valence-electron chi connectivity index (χ2n) is 5.01. The lowest BCUT2D eigenvalue weighted by molar-refractivity contribution is 0.0697. The molecule has 0 atom stereocenters. The van der Waals surface area contributed by atoms with Crippen LogP contribution < -0.4 is 5.32 Å². The molecule has 0 saturated heterocycles. The Hall–Kier alpha value is -1.58. The van der Waals surface area contributed by atoms with Crippen molar-refractivity contribution in [2.45, 2.75) is 26.2 Å². The maximum absolute atomic E-state index is 13.0. The van der Waals surface area contributed by atoms with E-state index >= 15 is 0 Å². The first-order valence-corrected chi connectivity index (χ1v) is 5.77. The molecule has 0 amide bonds. The minimum atomic E-state index is -1.11. The third-order valence-corrected chi connectivity index (χ3v) is 3.48. The molecule has 1 aliphatic rings. The van der Waals surface area contributed by atoms with Crippen molar-refractivity contribution in [1.29, 1.82) is 0 Å². The van der Waals surface area contributed by atoms with E-state index in [-0.39, 0.29) is 11.0 Å². The molecule has 92 valence electrons. The van der Waals surface area contributed by atoms with E-state index < -0.39 is 11.8 Å². The fourth-order valence-electron chi connectivity index (χ4n) is 2.11. The maximum atomic E-state index is 13.0. The average Bonchev–Trinajstić information content (AvgIpc) is 2.24. The monoisotopic (exact) mass is 237 g/mol. The fraction of sp³-hybridized carbons (Fsp3) is 0.462. The van der Waals surface area contributed by atoms with Gasteiger partial charge in [0.15, 0.2) is 0 Å². The van der Waals surface area contributed by atoms with Gasteiger partial charge in [0.05, 0.1) is 5.56 Å². The summed E-state index contributed by atoms with van der Waals surface area (Å²) in [6.07, 6.45) is 3.54. The standard InChI is InChI=1S/C13H16FNO2/c1-13(5-2-6-13)8-15-11-4-3-9(14)7-10(11)12(16)17/h3-4,7,15H,2,5-6,8H2,1H3,(H,16,17). The number of hydrogen-bond acceptors (Lipinski definition) is 2. The summed E-state index contributed by atoms with van der Waals surface area (Å²) in [5.41, 5.74) is 0.740. The van der Waals surface area contributed by atoms with Gasteiger partial charge in [-0.3, -0.25) is 0 Å². The Morgan fingerprint density at radius 3 is 2.76 bits per heavy atom. The van der Waals surface area contributed by atoms with Crippen LogP contribution in [0.2, 0.25) is 0 Å². The Balaban J connectivity index is 2.12. The highest BCUT2D eigenvalue weighted by molar-refractivity contribution is 5.94. The molecule has 0 aromatic heterocycles. The number of carboxylic acid groups (broad SMARTS) is 1. The van der Waals surface area contributed by atoms with E-state index in [2.05, 4.69) is 12.2 Å². The van der Waals surface area contributed by atoms with Crippen molar-refractivity contribution in [2.75, 3.05) is 11.9 Å². The van der Waals surface area contributed by atoms with Gasteiger partial charge in [0, 0.05) is 12.2 Å². The van der Waals surface area contributed by atoms with Gasteiger partial charge >= 0.3 is 5.97 Å². The lowest BCUT2D eigenvalue weighted by Gasteiger charge is -2.38. The first kappa shape index (κ1) is 11.9. The Kier molecular flexibility index (Phi) is 3.05. The number of nitrogens with one attached hydrogen (secondary N) is 1. The highest BCUT2D eigenvalue weighted by Crippen LogP contribution is 2.40. The predicted molar refractivity (Wildman–Crippen MR) is 63.8 cm³/mol. The summed E-state index contributed by atoms with van der Waals surface area (Å²) in [7, 11) is 0. The van der Waals surface area contributed by atoms with E-state index in [9.17, 15) is 9.18 Å². The van der Waals surface area contributed by atoms with Gasteiger partial charge in [0.1, 0.15) is 5.82 Å². The van der Waals surface area contributed by atoms with Gasteiger partial charge < -0.3 is 10.4 Å². The van der Waals surface area contributed by atoms with Gasteiger partial charge in [-0.05, 0) is 36.5 Å². The van der Waals surface area contributed by atoms with Gasteiger partial charge in [-0.2, -0.15) is 0 Å². The van der Waals surface area contributed by atoms with Crippen LogP contribution in [0.4, 0.5) is 10.1 Å². The van der Waals surface area contributed by atoms with Crippen LogP contribution in [0.5, 0.6) is 0 Å². The summed E-state index contributed by atoms with van der Waals surface area (Å²) in [5, 5.41) is 12.1. The molecule has 1 aromatic carbocycles. The Labute approximate surface area is 99.7 Å². The fourth-order valence-corrected chi connectivity index (χ4v) is 2.11. The molecule has 2 rings (SSSR count). The predicted octanol–water partition coefficient (Wildman–Crippen LogP) is 3.13. The Morgan fingerprint density at radius 1 is 1.53 bits per heavy atom. The van der Waals surface area contributed by atoms with Crippen LogP contribution in [0.3, 0.4) is 0 Å². The van der Waals surface area contributed by atoms with Crippen molar-refractivity contribution < 1.29 is 14.3 Å². The van der Waals surface area contributed by atoms with Gasteiger partial charge in [0.25, 0.3) is 0 Å². The van der Waals surface area contributed by atoms with Crippen molar-refractivity contribution >= 4 is 11.7 Å². The molecule has 2 N–H and O–H groups in total. The zero-order valence-electron chi connectivity index (χ0n) is 9.79. The minimum absolute atomic E-state index is 0.00655. The van der Waals surface area contributed by atoms with E-state index in [4.69, 9.17) is 5.11 Å². The number of carboxylic acids is 1. The van der Waals surface area contributed by atoms with Crippen LogP contribution in [0.25, 0.3) is 0 Å². The number of rotatable bonds is 4. The third kappa shape index (κ3) is 2.57. The van der Waals surface area contributed by atoms with Crippen LogP contribution in [0.15, 0.2) is 18.2 Å². The summed E-state index contributed by atoms with van der Waals surface area (Å²) in [4.78, 5) is 11.0. The molecule has 0 spiro atoms. The summed E-state index contributed by atoms with van der Waals surface area (Å²) in [6.45, 7) is 2.91. The van der Waals surface area contributed by atoms with Crippen molar-refractivity contribution in [3.8, 4) is 0 Å². The molecular weight excluding hydrogens is 221 g/mol. The molecule has 0 bridgehead atoms. The number of anilines is 1. The highest BCUT2D eigenvalue weighted by Gasteiger charge is 2.31. The molecule has 1 saturated carbocycles. The molecule has 0 radical (unpaired) electrons. The second-order valence-corrected chi connectivity index (χ2v) is 5.01. The quantitative estimate of drug-likeness (QED) is 0.845. The van der Waals surface area contributed by atoms with Crippen LogP contribution in [0.1, 0.15) is 36.5 Å². The zero-order valence-corrected chi connectivity index (χ0v) is 9.79. The maximum Gasteiger partial charge on any atom is 0.337 e. The number of aromatic carboxylic acids is 1.